The highest BCUT2D eigenvalue weighted by molar-refractivity contribution is 5.94. The normalized spacial score (nSPS) is 19.0. The standard InChI is InChI=1S/C22H22F4N4O2/c1-32-17-7-5-13(6-8-17)21(31)28-16-4-2-3-15(11-16)27-19-9-14(23)10-20-29-18(12-30(19)20)22(24,25)26/h5-10,12,15-16,27H,2-4,11H2,1H3,(H,28,31)/t15-,16+/m0/s1. The van der Waals surface area contributed by atoms with E-state index in [9.17, 15) is 22.4 Å². The van der Waals surface area contributed by atoms with Gasteiger partial charge >= 0.3 is 6.18 Å². The molecule has 1 aliphatic rings. The van der Waals surface area contributed by atoms with Crippen LogP contribution >= 0.6 is 0 Å². The summed E-state index contributed by atoms with van der Waals surface area (Å²) in [6, 6.07) is 8.60. The van der Waals surface area contributed by atoms with Crippen LogP contribution in [-0.4, -0.2) is 34.5 Å². The van der Waals surface area contributed by atoms with Gasteiger partial charge in [0.05, 0.1) is 7.11 Å². The molecule has 0 aliphatic heterocycles. The van der Waals surface area contributed by atoms with E-state index in [1.54, 1.807) is 31.4 Å². The zero-order valence-corrected chi connectivity index (χ0v) is 17.2. The number of nitrogens with one attached hydrogen (secondary N) is 2. The monoisotopic (exact) mass is 450 g/mol. The Kier molecular flexibility index (Phi) is 5.94. The smallest absolute Gasteiger partial charge is 0.434 e. The third kappa shape index (κ3) is 4.79. The number of alkyl halides is 3. The van der Waals surface area contributed by atoms with Crippen molar-refractivity contribution in [2.24, 2.45) is 0 Å². The van der Waals surface area contributed by atoms with E-state index in [1.807, 2.05) is 0 Å². The molecule has 2 heterocycles. The lowest BCUT2D eigenvalue weighted by molar-refractivity contribution is -0.140. The molecule has 2 N–H and O–H groups in total. The van der Waals surface area contributed by atoms with E-state index in [0.717, 1.165) is 37.6 Å². The molecular weight excluding hydrogens is 428 g/mol. The number of fused-ring (bicyclic) bond motifs is 1. The van der Waals surface area contributed by atoms with Crippen molar-refractivity contribution in [2.75, 3.05) is 12.4 Å². The molecule has 1 aromatic carbocycles. The van der Waals surface area contributed by atoms with Crippen LogP contribution in [0.3, 0.4) is 0 Å². The maximum absolute atomic E-state index is 14.0. The predicted molar refractivity (Wildman–Crippen MR) is 110 cm³/mol. The van der Waals surface area contributed by atoms with Crippen LogP contribution in [0.15, 0.2) is 42.6 Å². The average molecular weight is 450 g/mol. The summed E-state index contributed by atoms with van der Waals surface area (Å²) in [5.41, 5.74) is -0.703. The van der Waals surface area contributed by atoms with Crippen molar-refractivity contribution in [3.63, 3.8) is 0 Å². The van der Waals surface area contributed by atoms with E-state index in [4.69, 9.17) is 4.74 Å². The molecule has 2 aromatic heterocycles. The molecule has 32 heavy (non-hydrogen) atoms. The molecule has 0 bridgehead atoms. The summed E-state index contributed by atoms with van der Waals surface area (Å²) in [6.45, 7) is 0. The molecule has 1 amide bonds. The first kappa shape index (κ1) is 21.9. The highest BCUT2D eigenvalue weighted by Gasteiger charge is 2.34. The van der Waals surface area contributed by atoms with Crippen molar-refractivity contribution in [3.05, 3.63) is 59.7 Å². The van der Waals surface area contributed by atoms with Gasteiger partial charge in [-0.15, -0.1) is 0 Å². The van der Waals surface area contributed by atoms with Gasteiger partial charge < -0.3 is 15.4 Å². The van der Waals surface area contributed by atoms with E-state index in [2.05, 4.69) is 15.6 Å². The Labute approximate surface area is 181 Å². The zero-order valence-electron chi connectivity index (χ0n) is 17.2. The van der Waals surface area contributed by atoms with Crippen molar-refractivity contribution in [1.82, 2.24) is 14.7 Å². The maximum Gasteiger partial charge on any atom is 0.434 e. The second kappa shape index (κ2) is 8.68. The van der Waals surface area contributed by atoms with Gasteiger partial charge in [-0.2, -0.15) is 13.2 Å². The van der Waals surface area contributed by atoms with Crippen molar-refractivity contribution in [2.45, 2.75) is 43.9 Å². The first-order valence-electron chi connectivity index (χ1n) is 10.2. The Hall–Kier alpha value is -3.30. The van der Waals surface area contributed by atoms with Crippen LogP contribution < -0.4 is 15.4 Å². The van der Waals surface area contributed by atoms with Gasteiger partial charge in [-0.25, -0.2) is 9.37 Å². The first-order valence-corrected chi connectivity index (χ1v) is 10.2. The number of imidazole rings is 1. The highest BCUT2D eigenvalue weighted by atomic mass is 19.4. The summed E-state index contributed by atoms with van der Waals surface area (Å²) in [5.74, 6) is -0.0522. The number of benzene rings is 1. The van der Waals surface area contributed by atoms with Crippen molar-refractivity contribution in [3.8, 4) is 5.75 Å². The Balaban J connectivity index is 1.46. The van der Waals surface area contributed by atoms with Gasteiger partial charge in [-0.3, -0.25) is 9.20 Å². The molecule has 170 valence electrons. The quantitative estimate of drug-likeness (QED) is 0.555. The summed E-state index contributed by atoms with van der Waals surface area (Å²) in [6.07, 6.45) is -0.887. The largest absolute Gasteiger partial charge is 0.497 e. The van der Waals surface area contributed by atoms with E-state index in [-0.39, 0.29) is 29.5 Å². The van der Waals surface area contributed by atoms with E-state index < -0.39 is 17.7 Å². The fraction of sp³-hybridized carbons (Fsp3) is 0.364. The molecule has 10 heteroatoms. The third-order valence-electron chi connectivity index (χ3n) is 5.54. The fourth-order valence-corrected chi connectivity index (χ4v) is 3.97. The molecule has 0 spiro atoms. The second-order valence-corrected chi connectivity index (χ2v) is 7.82. The summed E-state index contributed by atoms with van der Waals surface area (Å²) in [4.78, 5) is 16.0. The Morgan fingerprint density at radius 1 is 1.16 bits per heavy atom. The number of rotatable bonds is 5. The van der Waals surface area contributed by atoms with Gasteiger partial charge in [0.15, 0.2) is 5.69 Å². The minimum Gasteiger partial charge on any atom is -0.497 e. The van der Waals surface area contributed by atoms with Crippen LogP contribution in [0, 0.1) is 5.82 Å². The molecule has 2 atom stereocenters. The topological polar surface area (TPSA) is 67.7 Å². The number of hydrogen-bond donors (Lipinski definition) is 2. The molecule has 0 radical (unpaired) electrons. The summed E-state index contributed by atoms with van der Waals surface area (Å²) in [5, 5.41) is 6.13. The zero-order chi connectivity index (χ0) is 22.9. The molecule has 1 aliphatic carbocycles. The summed E-state index contributed by atoms with van der Waals surface area (Å²) >= 11 is 0. The van der Waals surface area contributed by atoms with Gasteiger partial charge in [0.25, 0.3) is 5.91 Å². The lowest BCUT2D eigenvalue weighted by atomic mass is 9.90. The van der Waals surface area contributed by atoms with Gasteiger partial charge in [-0.05, 0) is 49.9 Å². The van der Waals surface area contributed by atoms with Crippen molar-refractivity contribution < 1.29 is 27.1 Å². The van der Waals surface area contributed by atoms with Gasteiger partial charge in [0.2, 0.25) is 0 Å². The number of nitrogens with zero attached hydrogens (tertiary/aromatic N) is 2. The SMILES string of the molecule is COc1ccc(C(=O)N[C@@H]2CCC[C@H](Nc3cc(F)cc4nc(C(F)(F)F)cn34)C2)cc1. The molecule has 1 fully saturated rings. The van der Waals surface area contributed by atoms with Crippen molar-refractivity contribution >= 4 is 17.4 Å². The Bertz CT molecular complexity index is 1110. The van der Waals surface area contributed by atoms with Crippen LogP contribution in [0.1, 0.15) is 41.7 Å². The molecule has 6 nitrogen and oxygen atoms in total. The molecular formula is C22H22F4N4O2. The number of pyridine rings is 1. The number of halogens is 4. The fourth-order valence-electron chi connectivity index (χ4n) is 3.97. The molecule has 3 aromatic rings. The van der Waals surface area contributed by atoms with E-state index >= 15 is 0 Å². The summed E-state index contributed by atoms with van der Waals surface area (Å²) < 4.78 is 59.4. The first-order chi connectivity index (χ1) is 15.2. The highest BCUT2D eigenvalue weighted by Crippen LogP contribution is 2.30. The maximum atomic E-state index is 14.0. The number of anilines is 1. The molecule has 0 unspecified atom stereocenters. The average Bonchev–Trinajstić information content (AvgIpc) is 3.19. The van der Waals surface area contributed by atoms with Crippen LogP contribution in [0.2, 0.25) is 0 Å². The number of carbonyl (C=O) groups excluding carboxylic acids is 1. The number of hydrogen-bond acceptors (Lipinski definition) is 4. The lowest BCUT2D eigenvalue weighted by Gasteiger charge is -2.31. The van der Waals surface area contributed by atoms with E-state index in [0.29, 0.717) is 17.7 Å². The minimum atomic E-state index is -4.62. The Morgan fingerprint density at radius 2 is 1.88 bits per heavy atom. The van der Waals surface area contributed by atoms with Crippen molar-refractivity contribution in [1.29, 1.82) is 0 Å². The molecule has 4 rings (SSSR count). The van der Waals surface area contributed by atoms with Gasteiger partial charge in [0.1, 0.15) is 23.0 Å². The minimum absolute atomic E-state index is 0.117. The number of aromatic nitrogens is 2. The molecule has 1 saturated carbocycles. The Morgan fingerprint density at radius 3 is 2.56 bits per heavy atom. The van der Waals surface area contributed by atoms with Crippen LogP contribution in [0.4, 0.5) is 23.4 Å². The van der Waals surface area contributed by atoms with Crippen LogP contribution in [0.25, 0.3) is 5.65 Å². The van der Waals surface area contributed by atoms with Gasteiger partial charge in [0, 0.05) is 36.0 Å². The van der Waals surface area contributed by atoms with E-state index in [1.165, 1.54) is 4.40 Å². The lowest BCUT2D eigenvalue weighted by Crippen LogP contribution is -2.42. The number of ether oxygens (including phenoxy) is 1. The number of amides is 1. The molecule has 0 saturated heterocycles. The third-order valence-corrected chi connectivity index (χ3v) is 5.54. The number of carbonyl (C=O) groups is 1. The predicted octanol–water partition coefficient (Wildman–Crippen LogP) is 4.65. The van der Waals surface area contributed by atoms with Gasteiger partial charge in [-0.1, -0.05) is 0 Å². The van der Waals surface area contributed by atoms with Crippen LogP contribution in [0.5, 0.6) is 5.75 Å². The summed E-state index contributed by atoms with van der Waals surface area (Å²) in [7, 11) is 1.55. The number of methoxy groups -OCH3 is 1. The second-order valence-electron chi connectivity index (χ2n) is 7.82. The van der Waals surface area contributed by atoms with Crippen LogP contribution in [-0.2, 0) is 6.18 Å².